The molecule has 13 heteroatoms. The third-order valence-corrected chi connectivity index (χ3v) is 6.42. The third kappa shape index (κ3) is 23.2. The SMILES string of the molecule is Fc1ccc(COC[C@H]2OC([C]=[C]c3ccccc3)=C[C@@H](OCc3ccccc3)[C@@H]2OCc2ccccc2)cc1.[C-]#[O+].[C-]#[O+].[C-]#[O+].[C-]#[O+].[C-]#[O+].[C-]#[O+].[Co].[Co]. The Morgan fingerprint density at radius 3 is 1.44 bits per heavy atom. The number of rotatable bonds is 12. The van der Waals surface area contributed by atoms with Gasteiger partial charge in [0.05, 0.1) is 26.4 Å². The van der Waals surface area contributed by atoms with Crippen LogP contribution >= 0.6 is 0 Å². The van der Waals surface area contributed by atoms with Crippen molar-refractivity contribution in [2.24, 2.45) is 0 Å². The van der Waals surface area contributed by atoms with Crippen molar-refractivity contribution in [3.05, 3.63) is 207 Å². The Morgan fingerprint density at radius 2 is 0.963 bits per heavy atom. The molecule has 3 atom stereocenters. The zero-order chi connectivity index (χ0) is 39.4. The van der Waals surface area contributed by atoms with Crippen molar-refractivity contribution in [1.82, 2.24) is 0 Å². The van der Waals surface area contributed by atoms with Crippen LogP contribution < -0.4 is 0 Å². The molecule has 0 aliphatic carbocycles. The minimum absolute atomic E-state index is 0. The number of hydrogen-bond donors (Lipinski definition) is 0. The standard InChI is InChI=1S/C35H31FO4.6CO.2Co/c36-31-19-16-30(17-20-31)23-37-26-34-35(39-25-29-14-8-3-9-15-29)33(38-24-28-12-6-2-7-13-28)22-32(40-34)21-18-27-10-4-1-5-11-27;6*1-2;;/h1-17,19-20,22,33-35H,23-26H2;;;;;;;;/t33-,34-,35+;;;;;;;;/m1......../s1. The van der Waals surface area contributed by atoms with Crippen LogP contribution in [0.4, 0.5) is 4.39 Å². The minimum Gasteiger partial charge on any atom is 0 e. The van der Waals surface area contributed by atoms with Gasteiger partial charge in [0.2, 0.25) is 0 Å². The predicted octanol–water partition coefficient (Wildman–Crippen LogP) is 6.78. The second kappa shape index (κ2) is 39.6. The van der Waals surface area contributed by atoms with Gasteiger partial charge in [0, 0.05) is 45.7 Å². The summed E-state index contributed by atoms with van der Waals surface area (Å²) in [6.45, 7) is 28.4. The summed E-state index contributed by atoms with van der Waals surface area (Å²) >= 11 is 0. The Morgan fingerprint density at radius 1 is 0.537 bits per heavy atom. The van der Waals surface area contributed by atoms with Gasteiger partial charge in [-0.3, -0.25) is 0 Å². The molecule has 1 aliphatic rings. The van der Waals surface area contributed by atoms with Crippen molar-refractivity contribution in [2.45, 2.75) is 38.1 Å². The molecule has 0 fully saturated rings. The summed E-state index contributed by atoms with van der Waals surface area (Å²) in [7, 11) is 0. The number of allylic oxidation sites excluding steroid dienone is 1. The number of benzene rings is 4. The first-order valence-electron chi connectivity index (χ1n) is 14.5. The van der Waals surface area contributed by atoms with Crippen LogP contribution in [-0.4, -0.2) is 24.9 Å². The zero-order valence-corrected chi connectivity index (χ0v) is 30.3. The Kier molecular flexibility index (Phi) is 41.2. The van der Waals surface area contributed by atoms with Crippen molar-refractivity contribution in [3.63, 3.8) is 0 Å². The van der Waals surface area contributed by atoms with E-state index in [4.69, 9.17) is 46.9 Å². The zero-order valence-electron chi connectivity index (χ0n) is 28.2. The molecule has 4 aromatic carbocycles. The molecule has 0 saturated heterocycles. The Balaban J connectivity index is -0.000000815. The number of hydrogen-bond acceptors (Lipinski definition) is 4. The van der Waals surface area contributed by atoms with Crippen LogP contribution in [0.25, 0.3) is 0 Å². The van der Waals surface area contributed by atoms with Crippen LogP contribution in [0.5, 0.6) is 0 Å². The van der Waals surface area contributed by atoms with E-state index in [1.807, 2.05) is 97.1 Å². The average Bonchev–Trinajstić information content (AvgIpc) is 3.25. The molecular formula is C41H31Co2FO10. The number of ether oxygens (including phenoxy) is 4. The van der Waals surface area contributed by atoms with Gasteiger partial charge in [0.25, 0.3) is 0 Å². The molecule has 1 heterocycles. The molecule has 280 valence electrons. The van der Waals surface area contributed by atoms with Crippen LogP contribution in [0, 0.1) is 57.9 Å². The third-order valence-electron chi connectivity index (χ3n) is 6.42. The van der Waals surface area contributed by atoms with Crippen molar-refractivity contribution >= 4 is 0 Å². The first kappa shape index (κ1) is 56.2. The van der Waals surface area contributed by atoms with Crippen LogP contribution in [0.15, 0.2) is 127 Å². The molecule has 1 aliphatic heterocycles. The van der Waals surface area contributed by atoms with Gasteiger partial charge in [-0.05, 0) is 40.5 Å². The van der Waals surface area contributed by atoms with Crippen LogP contribution in [0.3, 0.4) is 0 Å². The minimum atomic E-state index is -0.477. The fourth-order valence-electron chi connectivity index (χ4n) is 4.33. The molecule has 0 aromatic heterocycles. The van der Waals surface area contributed by atoms with Gasteiger partial charge in [-0.15, -0.1) is 0 Å². The van der Waals surface area contributed by atoms with E-state index < -0.39 is 18.3 Å². The van der Waals surface area contributed by atoms with Crippen molar-refractivity contribution in [3.8, 4) is 0 Å². The largest absolute Gasteiger partial charge is 0 e. The second-order valence-electron chi connectivity index (χ2n) is 9.47. The van der Waals surface area contributed by atoms with Gasteiger partial charge in [-0.25, -0.2) is 4.39 Å². The molecule has 0 unspecified atom stereocenters. The maximum absolute atomic E-state index is 13.3. The molecule has 4 aromatic rings. The molecule has 10 nitrogen and oxygen atoms in total. The molecule has 0 amide bonds. The summed E-state index contributed by atoms with van der Waals surface area (Å²) in [6.07, 6.45) is 6.89. The smallest absolute Gasteiger partial charge is 0 e. The first-order chi connectivity index (χ1) is 25.7. The molecule has 0 N–H and O–H groups in total. The summed E-state index contributed by atoms with van der Waals surface area (Å²) < 4.78 is 83.6. The molecule has 0 saturated carbocycles. The second-order valence-corrected chi connectivity index (χ2v) is 9.47. The van der Waals surface area contributed by atoms with Crippen LogP contribution in [-0.2, 0) is 100 Å². The van der Waals surface area contributed by atoms with Gasteiger partial charge in [-0.2, -0.15) is 0 Å². The summed E-state index contributed by atoms with van der Waals surface area (Å²) in [5.74, 6) is 0.232. The molecule has 0 bridgehead atoms. The van der Waals surface area contributed by atoms with E-state index in [1.165, 1.54) is 12.1 Å². The fraction of sp³-hybridized carbons (Fsp3) is 0.171. The molecule has 0 spiro atoms. The fourth-order valence-corrected chi connectivity index (χ4v) is 4.33. The number of halogens is 1. The molecule has 4 radical (unpaired) electrons. The maximum atomic E-state index is 13.3. The Hall–Kier alpha value is -4.58. The van der Waals surface area contributed by atoms with E-state index in [9.17, 15) is 4.39 Å². The van der Waals surface area contributed by atoms with Crippen molar-refractivity contribution in [1.29, 1.82) is 0 Å². The molecular weight excluding hydrogens is 789 g/mol. The normalized spacial score (nSPS) is 14.2. The topological polar surface area (TPSA) is 156 Å². The Bertz CT molecular complexity index is 1610. The van der Waals surface area contributed by atoms with Crippen molar-refractivity contribution < 1.29 is 84.8 Å². The van der Waals surface area contributed by atoms with Gasteiger partial charge >= 0.3 is 67.8 Å². The molecule has 5 rings (SSSR count). The van der Waals surface area contributed by atoms with E-state index >= 15 is 0 Å². The van der Waals surface area contributed by atoms with Crippen molar-refractivity contribution in [2.75, 3.05) is 6.61 Å². The monoisotopic (exact) mass is 820 g/mol. The van der Waals surface area contributed by atoms with Crippen LogP contribution in [0.2, 0.25) is 0 Å². The van der Waals surface area contributed by atoms with E-state index in [0.717, 1.165) is 22.3 Å². The molecule has 54 heavy (non-hydrogen) atoms. The van der Waals surface area contributed by atoms with Gasteiger partial charge in [0.1, 0.15) is 23.8 Å². The summed E-state index contributed by atoms with van der Waals surface area (Å²) in [4.78, 5) is 0. The predicted molar refractivity (Wildman–Crippen MR) is 175 cm³/mol. The summed E-state index contributed by atoms with van der Waals surface area (Å²) in [5, 5.41) is 0. The summed E-state index contributed by atoms with van der Waals surface area (Å²) in [6, 6.07) is 36.1. The maximum Gasteiger partial charge on any atom is 0 e. The quantitative estimate of drug-likeness (QED) is 0.114. The van der Waals surface area contributed by atoms with E-state index in [2.05, 4.69) is 52.1 Å². The van der Waals surface area contributed by atoms with E-state index in [1.54, 1.807) is 12.1 Å². The van der Waals surface area contributed by atoms with Gasteiger partial charge < -0.3 is 18.9 Å². The average molecular weight is 821 g/mol. The van der Waals surface area contributed by atoms with Crippen LogP contribution in [0.1, 0.15) is 22.3 Å². The van der Waals surface area contributed by atoms with Gasteiger partial charge in [-0.1, -0.05) is 103 Å². The van der Waals surface area contributed by atoms with E-state index in [0.29, 0.717) is 25.6 Å². The van der Waals surface area contributed by atoms with Gasteiger partial charge in [0.15, 0.2) is 6.10 Å². The Labute approximate surface area is 335 Å². The summed E-state index contributed by atoms with van der Waals surface area (Å²) in [5.41, 5.74) is 3.87. The first-order valence-corrected chi connectivity index (χ1v) is 14.5. The van der Waals surface area contributed by atoms with E-state index in [-0.39, 0.29) is 46.0 Å².